The first kappa shape index (κ1) is 25.7. The van der Waals surface area contributed by atoms with Crippen molar-refractivity contribution >= 4 is 5.96 Å². The van der Waals surface area contributed by atoms with Crippen molar-refractivity contribution in [3.8, 4) is 5.75 Å². The van der Waals surface area contributed by atoms with Gasteiger partial charge in [0.05, 0.1) is 25.4 Å². The number of nitrogens with zero attached hydrogens (tertiary/aromatic N) is 4. The largest absolute Gasteiger partial charge is 0.497 e. The molecule has 0 saturated carbocycles. The Kier molecular flexibility index (Phi) is 10.0. The van der Waals surface area contributed by atoms with Gasteiger partial charge in [-0.05, 0) is 70.5 Å². The van der Waals surface area contributed by atoms with Crippen LogP contribution >= 0.6 is 0 Å². The first-order valence-electron chi connectivity index (χ1n) is 11.8. The van der Waals surface area contributed by atoms with Crippen molar-refractivity contribution in [1.82, 2.24) is 25.3 Å². The van der Waals surface area contributed by atoms with E-state index in [-0.39, 0.29) is 12.1 Å². The van der Waals surface area contributed by atoms with E-state index in [4.69, 9.17) is 9.73 Å². The summed E-state index contributed by atoms with van der Waals surface area (Å²) in [6.45, 7) is 16.3. The van der Waals surface area contributed by atoms with E-state index >= 15 is 0 Å². The Hall–Kier alpha value is -2.54. The molecule has 2 aromatic rings. The fourth-order valence-corrected chi connectivity index (χ4v) is 4.15. The number of benzene rings is 1. The molecule has 0 aliphatic carbocycles. The molecule has 7 nitrogen and oxygen atoms in total. The van der Waals surface area contributed by atoms with E-state index in [9.17, 15) is 0 Å². The number of hydrogen-bond acceptors (Lipinski definition) is 4. The molecular formula is C25H42N6O. The summed E-state index contributed by atoms with van der Waals surface area (Å²) in [4.78, 5) is 7.42. The summed E-state index contributed by atoms with van der Waals surface area (Å²) < 4.78 is 7.42. The van der Waals surface area contributed by atoms with Crippen molar-refractivity contribution in [2.45, 2.75) is 60.0 Å². The Bertz CT molecular complexity index is 871. The molecule has 2 N–H and O–H groups in total. The average Bonchev–Trinajstić information content (AvgIpc) is 3.02. The van der Waals surface area contributed by atoms with Crippen LogP contribution in [0, 0.1) is 13.8 Å². The van der Waals surface area contributed by atoms with Gasteiger partial charge in [0.1, 0.15) is 5.75 Å². The third kappa shape index (κ3) is 6.73. The molecule has 0 saturated heterocycles. The summed E-state index contributed by atoms with van der Waals surface area (Å²) in [6, 6.07) is 8.75. The van der Waals surface area contributed by atoms with E-state index in [1.165, 1.54) is 16.8 Å². The number of aromatic nitrogens is 2. The van der Waals surface area contributed by atoms with Crippen molar-refractivity contribution < 1.29 is 4.74 Å². The Morgan fingerprint density at radius 2 is 1.94 bits per heavy atom. The quantitative estimate of drug-likeness (QED) is 0.411. The highest BCUT2D eigenvalue weighted by Crippen LogP contribution is 2.24. The zero-order valence-corrected chi connectivity index (χ0v) is 21.2. The molecule has 0 spiro atoms. The van der Waals surface area contributed by atoms with Gasteiger partial charge < -0.3 is 15.4 Å². The van der Waals surface area contributed by atoms with Crippen molar-refractivity contribution in [2.75, 3.05) is 33.3 Å². The predicted molar refractivity (Wildman–Crippen MR) is 134 cm³/mol. The lowest BCUT2D eigenvalue weighted by Gasteiger charge is -2.29. The van der Waals surface area contributed by atoms with Gasteiger partial charge >= 0.3 is 0 Å². The van der Waals surface area contributed by atoms with Crippen LogP contribution in [-0.2, 0) is 13.5 Å². The molecule has 0 amide bonds. The van der Waals surface area contributed by atoms with Crippen LogP contribution in [0.3, 0.4) is 0 Å². The van der Waals surface area contributed by atoms with Gasteiger partial charge in [-0.25, -0.2) is 0 Å². The second-order valence-corrected chi connectivity index (χ2v) is 8.26. The van der Waals surface area contributed by atoms with Crippen LogP contribution in [0.1, 0.15) is 56.3 Å². The van der Waals surface area contributed by atoms with Crippen LogP contribution in [-0.4, -0.2) is 60.0 Å². The fraction of sp³-hybridized carbons (Fsp3) is 0.600. The van der Waals surface area contributed by atoms with Crippen LogP contribution in [0.15, 0.2) is 29.3 Å². The van der Waals surface area contributed by atoms with Gasteiger partial charge in [-0.1, -0.05) is 26.0 Å². The molecule has 1 aromatic heterocycles. The second-order valence-electron chi connectivity index (χ2n) is 8.26. The van der Waals surface area contributed by atoms with Crippen LogP contribution < -0.4 is 15.4 Å². The molecule has 0 radical (unpaired) electrons. The Morgan fingerprint density at radius 1 is 1.22 bits per heavy atom. The standard InChI is InChI=1S/C25H42N6O/c1-9-26-25(28-18(4)15-23-19(5)29-30(7)20(23)6)27-17-24(31(10-2)11-3)21-13-12-14-22(16-21)32-8/h12-14,16,18,24H,9-11,15,17H2,1-8H3,(H2,26,27,28). The Balaban J connectivity index is 2.19. The average molecular weight is 443 g/mol. The van der Waals surface area contributed by atoms with Crippen molar-refractivity contribution in [2.24, 2.45) is 12.0 Å². The van der Waals surface area contributed by atoms with E-state index < -0.39 is 0 Å². The Labute approximate surface area is 194 Å². The zero-order chi connectivity index (χ0) is 23.7. The summed E-state index contributed by atoms with van der Waals surface area (Å²) in [7, 11) is 3.71. The van der Waals surface area contributed by atoms with Gasteiger partial charge in [-0.2, -0.15) is 5.10 Å². The second kappa shape index (κ2) is 12.5. The molecule has 2 atom stereocenters. The van der Waals surface area contributed by atoms with Crippen molar-refractivity contribution in [3.05, 3.63) is 46.8 Å². The number of methoxy groups -OCH3 is 1. The number of guanidine groups is 1. The number of nitrogens with one attached hydrogen (secondary N) is 2. The molecular weight excluding hydrogens is 400 g/mol. The maximum Gasteiger partial charge on any atom is 0.191 e. The minimum atomic E-state index is 0.189. The lowest BCUT2D eigenvalue weighted by atomic mass is 10.0. The van der Waals surface area contributed by atoms with Crippen LogP contribution in [0.4, 0.5) is 0 Å². The summed E-state index contributed by atoms with van der Waals surface area (Å²) in [5, 5.41) is 11.6. The summed E-state index contributed by atoms with van der Waals surface area (Å²) >= 11 is 0. The summed E-state index contributed by atoms with van der Waals surface area (Å²) in [5.74, 6) is 1.73. The number of ether oxygens (including phenoxy) is 1. The number of aliphatic imine (C=N–C) groups is 1. The lowest BCUT2D eigenvalue weighted by molar-refractivity contribution is 0.224. The molecule has 2 rings (SSSR count). The maximum absolute atomic E-state index is 5.46. The summed E-state index contributed by atoms with van der Waals surface area (Å²) in [6.07, 6.45) is 0.908. The van der Waals surface area contributed by atoms with Gasteiger partial charge in [0.15, 0.2) is 5.96 Å². The zero-order valence-electron chi connectivity index (χ0n) is 21.2. The molecule has 2 unspecified atom stereocenters. The van der Waals surface area contributed by atoms with E-state index in [0.717, 1.165) is 43.5 Å². The van der Waals surface area contributed by atoms with Gasteiger partial charge in [0.2, 0.25) is 0 Å². The SMILES string of the molecule is CCNC(=NCC(c1cccc(OC)c1)N(CC)CC)NC(C)Cc1c(C)nn(C)c1C. The molecule has 32 heavy (non-hydrogen) atoms. The molecule has 0 aliphatic rings. The van der Waals surface area contributed by atoms with E-state index in [0.29, 0.717) is 6.54 Å². The first-order valence-corrected chi connectivity index (χ1v) is 11.8. The third-order valence-corrected chi connectivity index (χ3v) is 6.05. The molecule has 0 aliphatic heterocycles. The molecule has 178 valence electrons. The molecule has 1 heterocycles. The number of rotatable bonds is 11. The summed E-state index contributed by atoms with van der Waals surface area (Å²) in [5.41, 5.74) is 4.85. The monoisotopic (exact) mass is 442 g/mol. The Morgan fingerprint density at radius 3 is 2.50 bits per heavy atom. The highest BCUT2D eigenvalue weighted by molar-refractivity contribution is 5.80. The highest BCUT2D eigenvalue weighted by atomic mass is 16.5. The molecule has 0 fully saturated rings. The van der Waals surface area contributed by atoms with Gasteiger partial charge in [0.25, 0.3) is 0 Å². The van der Waals surface area contributed by atoms with E-state index in [1.807, 2.05) is 17.8 Å². The van der Waals surface area contributed by atoms with E-state index in [2.05, 4.69) is 80.4 Å². The predicted octanol–water partition coefficient (Wildman–Crippen LogP) is 3.61. The smallest absolute Gasteiger partial charge is 0.191 e. The minimum absolute atomic E-state index is 0.189. The first-order chi connectivity index (χ1) is 15.3. The molecule has 0 bridgehead atoms. The normalized spacial score (nSPS) is 13.8. The highest BCUT2D eigenvalue weighted by Gasteiger charge is 2.19. The number of aryl methyl sites for hydroxylation is 2. The maximum atomic E-state index is 5.46. The molecule has 7 heteroatoms. The fourth-order valence-electron chi connectivity index (χ4n) is 4.15. The van der Waals surface area contributed by atoms with Gasteiger partial charge in [-0.15, -0.1) is 0 Å². The van der Waals surface area contributed by atoms with Crippen LogP contribution in [0.2, 0.25) is 0 Å². The topological polar surface area (TPSA) is 66.7 Å². The number of hydrogen-bond donors (Lipinski definition) is 2. The molecule has 1 aromatic carbocycles. The van der Waals surface area contributed by atoms with Gasteiger partial charge in [-0.3, -0.25) is 14.6 Å². The van der Waals surface area contributed by atoms with Crippen LogP contribution in [0.25, 0.3) is 0 Å². The third-order valence-electron chi connectivity index (χ3n) is 6.05. The van der Waals surface area contributed by atoms with E-state index in [1.54, 1.807) is 7.11 Å². The van der Waals surface area contributed by atoms with Gasteiger partial charge in [0, 0.05) is 25.3 Å². The lowest BCUT2D eigenvalue weighted by Crippen LogP contribution is -2.43. The number of likely N-dealkylation sites (N-methyl/N-ethyl adjacent to an activating group) is 1. The van der Waals surface area contributed by atoms with Crippen molar-refractivity contribution in [3.63, 3.8) is 0 Å². The minimum Gasteiger partial charge on any atom is -0.497 e. The van der Waals surface area contributed by atoms with Crippen LogP contribution in [0.5, 0.6) is 5.75 Å². The van der Waals surface area contributed by atoms with Crippen molar-refractivity contribution in [1.29, 1.82) is 0 Å².